The molecule has 0 aromatic heterocycles. The van der Waals surface area contributed by atoms with Crippen LogP contribution in [0, 0.1) is 6.92 Å². The average Bonchev–Trinajstić information content (AvgIpc) is 3.14. The molecule has 2 aromatic carbocycles. The van der Waals surface area contributed by atoms with Crippen LogP contribution >= 0.6 is 0 Å². The predicted octanol–water partition coefficient (Wildman–Crippen LogP) is 4.12. The molecule has 1 amide bonds. The number of methoxy groups -OCH3 is 1. The Morgan fingerprint density at radius 2 is 1.64 bits per heavy atom. The second-order valence-electron chi connectivity index (χ2n) is 6.55. The summed E-state index contributed by atoms with van der Waals surface area (Å²) in [7, 11) is 1.37. The molecule has 1 N–H and O–H groups in total. The summed E-state index contributed by atoms with van der Waals surface area (Å²) in [6.45, 7) is 2.02. The van der Waals surface area contributed by atoms with Crippen LogP contribution in [-0.4, -0.2) is 25.0 Å². The highest BCUT2D eigenvalue weighted by atomic mass is 16.5. The lowest BCUT2D eigenvalue weighted by atomic mass is 9.97. The Hall–Kier alpha value is -2.62. The van der Waals surface area contributed by atoms with E-state index in [0.29, 0.717) is 17.2 Å². The van der Waals surface area contributed by atoms with E-state index in [9.17, 15) is 9.59 Å². The highest BCUT2D eigenvalue weighted by molar-refractivity contribution is 5.96. The van der Waals surface area contributed by atoms with Gasteiger partial charge in [0.25, 0.3) is 5.91 Å². The van der Waals surface area contributed by atoms with Crippen LogP contribution in [0.5, 0.6) is 0 Å². The molecule has 25 heavy (non-hydrogen) atoms. The summed E-state index contributed by atoms with van der Waals surface area (Å²) in [6, 6.07) is 13.3. The average molecular weight is 337 g/mol. The van der Waals surface area contributed by atoms with E-state index < -0.39 is 0 Å². The minimum Gasteiger partial charge on any atom is -0.465 e. The van der Waals surface area contributed by atoms with Gasteiger partial charge in [-0.3, -0.25) is 4.79 Å². The summed E-state index contributed by atoms with van der Waals surface area (Å²) in [5.74, 6) is -0.368. The quantitative estimate of drug-likeness (QED) is 0.854. The van der Waals surface area contributed by atoms with Gasteiger partial charge in [-0.2, -0.15) is 0 Å². The van der Waals surface area contributed by atoms with E-state index in [1.807, 2.05) is 37.3 Å². The number of hydrogen-bond acceptors (Lipinski definition) is 3. The molecule has 4 heteroatoms. The van der Waals surface area contributed by atoms with Gasteiger partial charge in [0.1, 0.15) is 0 Å². The molecule has 0 atom stereocenters. The Morgan fingerprint density at radius 1 is 1.00 bits per heavy atom. The molecular weight excluding hydrogens is 314 g/mol. The Bertz CT molecular complexity index is 774. The van der Waals surface area contributed by atoms with Crippen molar-refractivity contribution in [1.29, 1.82) is 0 Å². The van der Waals surface area contributed by atoms with Crippen molar-refractivity contribution >= 4 is 11.9 Å². The number of aryl methyl sites for hydroxylation is 1. The molecule has 2 aromatic rings. The van der Waals surface area contributed by atoms with E-state index in [4.69, 9.17) is 4.74 Å². The summed E-state index contributed by atoms with van der Waals surface area (Å²) in [4.78, 5) is 24.1. The lowest BCUT2D eigenvalue weighted by Gasteiger charge is -2.14. The van der Waals surface area contributed by atoms with Crippen molar-refractivity contribution in [2.45, 2.75) is 38.6 Å². The van der Waals surface area contributed by atoms with Crippen molar-refractivity contribution in [3.8, 4) is 11.1 Å². The zero-order chi connectivity index (χ0) is 17.8. The number of esters is 1. The minimum atomic E-state index is -0.354. The van der Waals surface area contributed by atoms with E-state index >= 15 is 0 Å². The molecule has 0 bridgehead atoms. The number of carbonyl (C=O) groups excluding carboxylic acids is 2. The van der Waals surface area contributed by atoms with Crippen LogP contribution < -0.4 is 5.32 Å². The molecule has 1 aliphatic carbocycles. The number of hydrogen-bond donors (Lipinski definition) is 1. The van der Waals surface area contributed by atoms with E-state index in [1.54, 1.807) is 12.1 Å². The van der Waals surface area contributed by atoms with E-state index in [0.717, 1.165) is 29.5 Å². The molecule has 0 saturated heterocycles. The molecule has 4 nitrogen and oxygen atoms in total. The number of benzene rings is 2. The highest BCUT2D eigenvalue weighted by Gasteiger charge is 2.18. The van der Waals surface area contributed by atoms with Crippen LogP contribution in [0.15, 0.2) is 42.5 Å². The van der Waals surface area contributed by atoms with Gasteiger partial charge in [0.2, 0.25) is 0 Å². The van der Waals surface area contributed by atoms with Gasteiger partial charge in [-0.15, -0.1) is 0 Å². The molecule has 0 unspecified atom stereocenters. The van der Waals surface area contributed by atoms with Gasteiger partial charge in [0, 0.05) is 11.6 Å². The second kappa shape index (κ2) is 7.51. The normalized spacial score (nSPS) is 14.3. The largest absolute Gasteiger partial charge is 0.465 e. The van der Waals surface area contributed by atoms with Gasteiger partial charge in [-0.25, -0.2) is 4.79 Å². The first-order valence-electron chi connectivity index (χ1n) is 8.69. The van der Waals surface area contributed by atoms with Crippen molar-refractivity contribution in [3.05, 3.63) is 59.2 Å². The number of ether oxygens (including phenoxy) is 1. The van der Waals surface area contributed by atoms with Gasteiger partial charge in [-0.1, -0.05) is 31.0 Å². The number of nitrogens with one attached hydrogen (secondary N) is 1. The molecular formula is C21H23NO3. The molecule has 3 rings (SSSR count). The fraction of sp³-hybridized carbons (Fsp3) is 0.333. The van der Waals surface area contributed by atoms with Crippen LogP contribution in [0.3, 0.4) is 0 Å². The Kier molecular flexibility index (Phi) is 5.17. The maximum absolute atomic E-state index is 12.5. The lowest BCUT2D eigenvalue weighted by Crippen LogP contribution is -2.32. The van der Waals surface area contributed by atoms with Crippen molar-refractivity contribution in [2.24, 2.45) is 0 Å². The van der Waals surface area contributed by atoms with Crippen LogP contribution in [0.25, 0.3) is 11.1 Å². The van der Waals surface area contributed by atoms with Crippen LogP contribution in [-0.2, 0) is 4.74 Å². The summed E-state index contributed by atoms with van der Waals surface area (Å²) in [5.41, 5.74) is 4.24. The highest BCUT2D eigenvalue weighted by Crippen LogP contribution is 2.26. The first-order chi connectivity index (χ1) is 12.1. The first-order valence-corrected chi connectivity index (χ1v) is 8.69. The zero-order valence-electron chi connectivity index (χ0n) is 14.7. The maximum atomic E-state index is 12.5. The Labute approximate surface area is 148 Å². The van der Waals surface area contributed by atoms with Crippen LogP contribution in [0.2, 0.25) is 0 Å². The third-order valence-corrected chi connectivity index (χ3v) is 4.81. The van der Waals surface area contributed by atoms with Crippen molar-refractivity contribution in [2.75, 3.05) is 7.11 Å². The Morgan fingerprint density at radius 3 is 2.28 bits per heavy atom. The molecule has 1 saturated carbocycles. The van der Waals surface area contributed by atoms with Crippen LogP contribution in [0.4, 0.5) is 0 Å². The van der Waals surface area contributed by atoms with Crippen molar-refractivity contribution in [1.82, 2.24) is 5.32 Å². The fourth-order valence-electron chi connectivity index (χ4n) is 3.32. The van der Waals surface area contributed by atoms with Gasteiger partial charge in [-0.05, 0) is 60.7 Å². The maximum Gasteiger partial charge on any atom is 0.337 e. The fourth-order valence-corrected chi connectivity index (χ4v) is 3.32. The predicted molar refractivity (Wildman–Crippen MR) is 97.7 cm³/mol. The smallest absolute Gasteiger partial charge is 0.337 e. The molecule has 0 spiro atoms. The Balaban J connectivity index is 1.83. The molecule has 0 heterocycles. The van der Waals surface area contributed by atoms with Gasteiger partial charge < -0.3 is 10.1 Å². The topological polar surface area (TPSA) is 55.4 Å². The summed E-state index contributed by atoms with van der Waals surface area (Å²) >= 11 is 0. The number of rotatable bonds is 4. The second-order valence-corrected chi connectivity index (χ2v) is 6.55. The first kappa shape index (κ1) is 17.2. The van der Waals surface area contributed by atoms with Gasteiger partial charge in [0.05, 0.1) is 12.7 Å². The number of carbonyl (C=O) groups is 2. The standard InChI is InChI=1S/C21H23NO3/c1-14-7-8-17(20(23)22-18-5-3-4-6-18)13-19(14)15-9-11-16(12-10-15)21(24)25-2/h7-13,18H,3-6H2,1-2H3,(H,22,23). The molecule has 130 valence electrons. The van der Waals surface area contributed by atoms with Crippen molar-refractivity contribution in [3.63, 3.8) is 0 Å². The SMILES string of the molecule is COC(=O)c1ccc(-c2cc(C(=O)NC3CCCC3)ccc2C)cc1. The third kappa shape index (κ3) is 3.90. The monoisotopic (exact) mass is 337 g/mol. The van der Waals surface area contributed by atoms with Gasteiger partial charge in [0.15, 0.2) is 0 Å². The van der Waals surface area contributed by atoms with E-state index in [-0.39, 0.29) is 11.9 Å². The molecule has 0 radical (unpaired) electrons. The molecule has 1 aliphatic rings. The summed E-state index contributed by atoms with van der Waals surface area (Å²) in [5, 5.41) is 3.12. The summed E-state index contributed by atoms with van der Waals surface area (Å²) in [6.07, 6.45) is 4.52. The van der Waals surface area contributed by atoms with E-state index in [2.05, 4.69) is 5.32 Å². The number of amides is 1. The van der Waals surface area contributed by atoms with Gasteiger partial charge >= 0.3 is 5.97 Å². The van der Waals surface area contributed by atoms with Crippen molar-refractivity contribution < 1.29 is 14.3 Å². The molecule has 1 fully saturated rings. The molecule has 0 aliphatic heterocycles. The lowest BCUT2D eigenvalue weighted by molar-refractivity contribution is 0.0600. The third-order valence-electron chi connectivity index (χ3n) is 4.81. The summed E-state index contributed by atoms with van der Waals surface area (Å²) < 4.78 is 4.73. The van der Waals surface area contributed by atoms with Crippen LogP contribution in [0.1, 0.15) is 52.0 Å². The van der Waals surface area contributed by atoms with E-state index in [1.165, 1.54) is 20.0 Å². The minimum absolute atomic E-state index is 0.0145. The zero-order valence-corrected chi connectivity index (χ0v) is 14.7.